The van der Waals surface area contributed by atoms with Gasteiger partial charge in [-0.15, -0.1) is 34.0 Å². The minimum absolute atomic E-state index is 0. The van der Waals surface area contributed by atoms with Gasteiger partial charge in [0.1, 0.15) is 44.8 Å². The van der Waals surface area contributed by atoms with Gasteiger partial charge in [0.2, 0.25) is 16.1 Å². The molecular weight excluding hydrogens is 1500 g/mol. The number of fused-ring (bicyclic) bond motifs is 9. The fourth-order valence-electron chi connectivity index (χ4n) is 19.8. The largest absolute Gasteiger partial charge is 0.378 e. The number of benzene rings is 6. The SMILES string of the molecule is C.C.C.C.C.C.CCN(CC)C(=O)c1ccc(C2=c3cc4c(cc3Cc3cc(N(C)C)ccc32)=[N+](C)CCC4(C)C)s1.CN(C)c1ccc2c(c1)Cc1c3c4c(cc1=C2c1ccc(C(=O)N2CCCCC2)s1)CCC[N+]=4CCC3.CN(C)c1ccc2c(c1)Cc1c3c4c(cc1=C2c1ccc(C(=S)N2CCCCC2)s1)CCC[N+]=4CCC3. The molecule has 7 aliphatic heterocycles. The number of hydrogen-bond donors (Lipinski definition) is 0. The minimum atomic E-state index is 0. The van der Waals surface area contributed by atoms with E-state index < -0.39 is 0 Å². The third-order valence-corrected chi connectivity index (χ3v) is 29.7. The summed E-state index contributed by atoms with van der Waals surface area (Å²) in [6.07, 6.45) is 21.3. The van der Waals surface area contributed by atoms with Gasteiger partial charge in [-0.1, -0.05) is 88.8 Å². The van der Waals surface area contributed by atoms with Crippen molar-refractivity contribution in [2.45, 2.75) is 193 Å². The zero-order chi connectivity index (χ0) is 76.0. The highest BCUT2D eigenvalue weighted by molar-refractivity contribution is 7.81. The Bertz CT molecular complexity index is 5410. The molecule has 10 heterocycles. The van der Waals surface area contributed by atoms with Crippen LogP contribution in [0.1, 0.15) is 260 Å². The summed E-state index contributed by atoms with van der Waals surface area (Å²) in [5.74, 6) is 0.344. The van der Waals surface area contributed by atoms with Crippen LogP contribution in [0.5, 0.6) is 0 Å². The maximum absolute atomic E-state index is 13.4. The van der Waals surface area contributed by atoms with Crippen LogP contribution >= 0.6 is 46.2 Å². The van der Waals surface area contributed by atoms with Gasteiger partial charge in [-0.2, -0.15) is 0 Å². The predicted octanol–water partition coefficient (Wildman–Crippen LogP) is 16.6. The second-order valence-electron chi connectivity index (χ2n) is 33.8. The Morgan fingerprint density at radius 2 is 0.845 bits per heavy atom. The Morgan fingerprint density at radius 3 is 1.31 bits per heavy atom. The molecule has 6 aromatic carbocycles. The van der Waals surface area contributed by atoms with Gasteiger partial charge in [0.25, 0.3) is 11.8 Å². The second-order valence-corrected chi connectivity index (χ2v) is 37.4. The highest BCUT2D eigenvalue weighted by atomic mass is 32.1. The molecule has 9 aromatic rings. The van der Waals surface area contributed by atoms with Gasteiger partial charge in [0.15, 0.2) is 0 Å². The molecule has 19 rings (SSSR count). The minimum Gasteiger partial charge on any atom is -0.378 e. The van der Waals surface area contributed by atoms with E-state index in [9.17, 15) is 9.59 Å². The number of rotatable bonds is 11. The first-order chi connectivity index (χ1) is 53.3. The van der Waals surface area contributed by atoms with E-state index in [0.29, 0.717) is 0 Å². The Morgan fingerprint density at radius 1 is 0.431 bits per heavy atom. The number of amides is 2. The van der Waals surface area contributed by atoms with Crippen molar-refractivity contribution in [2.24, 2.45) is 0 Å². The predicted molar refractivity (Wildman–Crippen MR) is 505 cm³/mol. The lowest BCUT2D eigenvalue weighted by Gasteiger charge is -2.29. The first-order valence-electron chi connectivity index (χ1n) is 41.3. The monoisotopic (exact) mass is 1630 g/mol. The van der Waals surface area contributed by atoms with Crippen LogP contribution in [0.2, 0.25) is 0 Å². The fourth-order valence-corrected chi connectivity index (χ4v) is 23.3. The molecule has 15 heteroatoms. The Hall–Kier alpha value is -8.34. The van der Waals surface area contributed by atoms with Crippen molar-refractivity contribution in [3.8, 4) is 0 Å². The smallest absolute Gasteiger partial charge is 0.263 e. The van der Waals surface area contributed by atoms with Crippen molar-refractivity contribution in [1.82, 2.24) is 28.4 Å². The van der Waals surface area contributed by atoms with E-state index in [-0.39, 0.29) is 61.8 Å². The molecule has 3 aliphatic carbocycles. The number of likely N-dealkylation sites (tertiary alicyclic amines) is 2. The zero-order valence-electron chi connectivity index (χ0n) is 67.0. The van der Waals surface area contributed by atoms with Crippen LogP contribution < -0.4 is 60.2 Å². The summed E-state index contributed by atoms with van der Waals surface area (Å²) in [6, 6.07) is 44.0. The van der Waals surface area contributed by atoms with Crippen molar-refractivity contribution in [2.75, 3.05) is 136 Å². The van der Waals surface area contributed by atoms with Gasteiger partial charge in [-0.05, 0) is 254 Å². The first-order valence-corrected chi connectivity index (χ1v) is 44.1. The molecule has 2 fully saturated rings. The van der Waals surface area contributed by atoms with Crippen LogP contribution in [-0.2, 0) is 50.4 Å². The summed E-state index contributed by atoms with van der Waals surface area (Å²) in [6.45, 7) is 20.2. The molecule has 11 nitrogen and oxygen atoms in total. The summed E-state index contributed by atoms with van der Waals surface area (Å²) < 4.78 is 7.76. The van der Waals surface area contributed by atoms with E-state index in [1.807, 2.05) is 36.2 Å². The van der Waals surface area contributed by atoms with Crippen molar-refractivity contribution in [1.29, 1.82) is 0 Å². The van der Waals surface area contributed by atoms with Crippen LogP contribution in [0.15, 0.2) is 115 Å². The van der Waals surface area contributed by atoms with Crippen molar-refractivity contribution < 1.29 is 9.59 Å². The molecular formula is C101H134N9O2S4+3. The van der Waals surface area contributed by atoms with Gasteiger partial charge in [-0.3, -0.25) is 9.59 Å². The van der Waals surface area contributed by atoms with E-state index in [0.717, 1.165) is 99.1 Å². The summed E-state index contributed by atoms with van der Waals surface area (Å²) in [5.41, 5.74) is 28.5. The molecule has 0 atom stereocenters. The highest BCUT2D eigenvalue weighted by Gasteiger charge is 2.37. The average molecular weight is 1630 g/mol. The quantitative estimate of drug-likeness (QED) is 0.0944. The third-order valence-electron chi connectivity index (χ3n) is 25.8. The fraction of sp³-hybridized carbons (Fsp3) is 0.465. The van der Waals surface area contributed by atoms with Gasteiger partial charge in [-0.25, -0.2) is 13.7 Å². The molecule has 116 heavy (non-hydrogen) atoms. The standard InChI is InChI=1S/C32H36N3OS.C32H36N3S2.C31H38N3OS.6CH4/c2*1-33(2)23-10-11-24-22(18-23)20-26-25-9-7-17-34-16-6-8-21(31(25)34)19-27(26)30(24)28-12-13-29(37-28)32(36)35-14-4-3-5-15-35;1-8-34(9-2)30(35)28-13-12-27(36-28)29-23-11-10-22(32(5)6)17-20(23)16-21-18-26-25(19-24(21)29)31(3,4)14-15-33(26)7;;;;;;/h2*10-13,18-19H,3-9,14-17,20H2,1-2H3;10-13,17-19H,8-9,14-16H2,1-7H3;6*1H4/q3*+1;;;;;;. The van der Waals surface area contributed by atoms with Crippen molar-refractivity contribution >= 4 is 96.8 Å². The first kappa shape index (κ1) is 88.5. The maximum Gasteiger partial charge on any atom is 0.263 e. The normalized spacial score (nSPS) is 16.5. The second kappa shape index (κ2) is 36.5. The molecule has 2 amide bonds. The highest BCUT2D eigenvalue weighted by Crippen LogP contribution is 2.41. The Balaban J connectivity index is 0.000000167. The maximum atomic E-state index is 13.4. The lowest BCUT2D eigenvalue weighted by Crippen LogP contribution is -2.46. The van der Waals surface area contributed by atoms with Crippen molar-refractivity contribution in [3.63, 3.8) is 0 Å². The molecule has 2 saturated heterocycles. The van der Waals surface area contributed by atoms with Crippen LogP contribution in [0, 0.1) is 0 Å². The molecule has 0 N–H and O–H groups in total. The average Bonchev–Trinajstić information content (AvgIpc) is 1.06. The number of carbonyl (C=O) groups excluding carboxylic acids is 2. The van der Waals surface area contributed by atoms with Crippen molar-refractivity contribution in [3.05, 3.63) is 254 Å². The van der Waals surface area contributed by atoms with Crippen LogP contribution in [0.25, 0.3) is 16.7 Å². The molecule has 0 spiro atoms. The topological polar surface area (TPSA) is 62.6 Å². The third kappa shape index (κ3) is 16.4. The van der Waals surface area contributed by atoms with Crippen LogP contribution in [-0.4, -0.2) is 153 Å². The van der Waals surface area contributed by atoms with Gasteiger partial charge < -0.3 is 29.4 Å². The summed E-state index contributed by atoms with van der Waals surface area (Å²) >= 11 is 11.2. The van der Waals surface area contributed by atoms with Gasteiger partial charge >= 0.3 is 0 Å². The van der Waals surface area contributed by atoms with Crippen LogP contribution in [0.4, 0.5) is 17.1 Å². The summed E-state index contributed by atoms with van der Waals surface area (Å²) in [5, 5.41) is 8.73. The zero-order valence-corrected chi connectivity index (χ0v) is 70.2. The molecule has 0 radical (unpaired) electrons. The molecule has 616 valence electrons. The number of thiocarbonyl (C=S) groups is 1. The van der Waals surface area contributed by atoms with E-state index in [2.05, 4.69) is 211 Å². The van der Waals surface area contributed by atoms with Crippen LogP contribution in [0.3, 0.4) is 0 Å². The molecule has 3 aromatic heterocycles. The van der Waals surface area contributed by atoms with E-state index in [4.69, 9.17) is 12.2 Å². The molecule has 0 bridgehead atoms. The molecule has 0 saturated carbocycles. The van der Waals surface area contributed by atoms with Gasteiger partial charge in [0.05, 0.1) is 14.6 Å². The Kier molecular flexibility index (Phi) is 27.8. The lowest BCUT2D eigenvalue weighted by molar-refractivity contribution is 0.0728. The van der Waals surface area contributed by atoms with E-state index >= 15 is 0 Å². The summed E-state index contributed by atoms with van der Waals surface area (Å²) in [4.78, 5) is 47.3. The number of piperidine rings is 2. The lowest BCUT2D eigenvalue weighted by atomic mass is 9.76. The Labute approximate surface area is 713 Å². The summed E-state index contributed by atoms with van der Waals surface area (Å²) in [7, 11) is 15.0. The molecule has 0 unspecified atom stereocenters. The number of carbonyl (C=O) groups is 2. The number of aryl methyl sites for hydroxylation is 2. The number of nitrogens with zero attached hydrogens (tertiary/aromatic N) is 9. The van der Waals surface area contributed by atoms with E-state index in [1.54, 1.807) is 55.6 Å². The number of thiophene rings is 3. The molecule has 10 aliphatic rings. The van der Waals surface area contributed by atoms with Gasteiger partial charge in [0, 0.05) is 201 Å². The number of hydrogen-bond acceptors (Lipinski definition) is 9. The number of anilines is 3. The van der Waals surface area contributed by atoms with E-state index in [1.165, 1.54) is 233 Å².